The van der Waals surface area contributed by atoms with Gasteiger partial charge in [0.05, 0.1) is 18.6 Å². The minimum Gasteiger partial charge on any atom is -0.466 e. The van der Waals surface area contributed by atoms with Crippen LogP contribution in [0.3, 0.4) is 0 Å². The monoisotopic (exact) mass is 273 g/mol. The van der Waals surface area contributed by atoms with E-state index in [1.54, 1.807) is 14.2 Å². The molecule has 1 rings (SSSR count). The number of hydrogen-bond donors (Lipinski definition) is 1. The zero-order chi connectivity index (χ0) is 14.3. The van der Waals surface area contributed by atoms with E-state index >= 15 is 0 Å². The predicted octanol–water partition coefficient (Wildman–Crippen LogP) is 1.71. The molecule has 0 aromatic carbocycles. The SMILES string of the molecule is CCOC(=O)C1CCCC(NC(C)C(OC)OC)C1. The van der Waals surface area contributed by atoms with Gasteiger partial charge >= 0.3 is 5.97 Å². The Bertz CT molecular complexity index is 268. The van der Waals surface area contributed by atoms with Gasteiger partial charge in [-0.3, -0.25) is 4.79 Å². The van der Waals surface area contributed by atoms with Crippen molar-refractivity contribution < 1.29 is 19.0 Å². The van der Waals surface area contributed by atoms with Gasteiger partial charge in [0, 0.05) is 20.3 Å². The van der Waals surface area contributed by atoms with E-state index in [1.165, 1.54) is 0 Å². The zero-order valence-corrected chi connectivity index (χ0v) is 12.5. The molecule has 3 atom stereocenters. The average molecular weight is 273 g/mol. The summed E-state index contributed by atoms with van der Waals surface area (Å²) < 4.78 is 15.6. The Labute approximate surface area is 116 Å². The summed E-state index contributed by atoms with van der Waals surface area (Å²) in [5.41, 5.74) is 0. The van der Waals surface area contributed by atoms with Gasteiger partial charge in [0.25, 0.3) is 0 Å². The summed E-state index contributed by atoms with van der Waals surface area (Å²) in [6.45, 7) is 4.34. The highest BCUT2D eigenvalue weighted by Crippen LogP contribution is 2.26. The van der Waals surface area contributed by atoms with Gasteiger partial charge in [0.1, 0.15) is 0 Å². The molecule has 3 unspecified atom stereocenters. The van der Waals surface area contributed by atoms with Crippen LogP contribution in [0.2, 0.25) is 0 Å². The van der Waals surface area contributed by atoms with Crippen LogP contribution in [0, 0.1) is 5.92 Å². The van der Waals surface area contributed by atoms with Crippen LogP contribution in [0.1, 0.15) is 39.5 Å². The van der Waals surface area contributed by atoms with Crippen molar-refractivity contribution in [2.75, 3.05) is 20.8 Å². The van der Waals surface area contributed by atoms with Gasteiger partial charge in [-0.05, 0) is 33.1 Å². The van der Waals surface area contributed by atoms with Crippen molar-refractivity contribution in [3.63, 3.8) is 0 Å². The number of ether oxygens (including phenoxy) is 3. The smallest absolute Gasteiger partial charge is 0.308 e. The Morgan fingerprint density at radius 3 is 2.58 bits per heavy atom. The Balaban J connectivity index is 2.44. The van der Waals surface area contributed by atoms with Crippen LogP contribution in [0.25, 0.3) is 0 Å². The Morgan fingerprint density at radius 2 is 2.00 bits per heavy atom. The zero-order valence-electron chi connectivity index (χ0n) is 12.5. The van der Waals surface area contributed by atoms with Crippen LogP contribution < -0.4 is 5.32 Å². The maximum atomic E-state index is 11.8. The van der Waals surface area contributed by atoms with E-state index in [0.717, 1.165) is 25.7 Å². The van der Waals surface area contributed by atoms with Gasteiger partial charge < -0.3 is 19.5 Å². The highest BCUT2D eigenvalue weighted by atomic mass is 16.7. The molecule has 0 aromatic heterocycles. The topological polar surface area (TPSA) is 56.8 Å². The van der Waals surface area contributed by atoms with Crippen molar-refractivity contribution in [3.05, 3.63) is 0 Å². The highest BCUT2D eigenvalue weighted by Gasteiger charge is 2.30. The van der Waals surface area contributed by atoms with Gasteiger partial charge in [0.2, 0.25) is 0 Å². The normalized spacial score (nSPS) is 25.3. The fourth-order valence-corrected chi connectivity index (χ4v) is 2.77. The van der Waals surface area contributed by atoms with Crippen molar-refractivity contribution >= 4 is 5.97 Å². The molecular weight excluding hydrogens is 246 g/mol. The Kier molecular flexibility index (Phi) is 7.34. The van der Waals surface area contributed by atoms with Gasteiger partial charge in [-0.2, -0.15) is 0 Å². The van der Waals surface area contributed by atoms with Crippen LogP contribution >= 0.6 is 0 Å². The molecule has 5 heteroatoms. The van der Waals surface area contributed by atoms with Crippen molar-refractivity contribution in [2.45, 2.75) is 57.9 Å². The molecule has 1 aliphatic rings. The van der Waals surface area contributed by atoms with Gasteiger partial charge in [-0.15, -0.1) is 0 Å². The molecule has 0 amide bonds. The van der Waals surface area contributed by atoms with Crippen LogP contribution in [-0.4, -0.2) is 45.2 Å². The first-order valence-corrected chi connectivity index (χ1v) is 7.10. The quantitative estimate of drug-likeness (QED) is 0.565. The molecule has 0 heterocycles. The van der Waals surface area contributed by atoms with Crippen molar-refractivity contribution in [3.8, 4) is 0 Å². The number of carbonyl (C=O) groups is 1. The third kappa shape index (κ3) is 5.09. The second-order valence-electron chi connectivity index (χ2n) is 5.11. The van der Waals surface area contributed by atoms with Crippen molar-refractivity contribution in [2.24, 2.45) is 5.92 Å². The van der Waals surface area contributed by atoms with E-state index in [2.05, 4.69) is 5.32 Å². The number of rotatable bonds is 7. The molecule has 112 valence electrons. The predicted molar refractivity (Wildman–Crippen MR) is 72.8 cm³/mol. The molecule has 1 aliphatic carbocycles. The summed E-state index contributed by atoms with van der Waals surface area (Å²) in [5, 5.41) is 3.49. The van der Waals surface area contributed by atoms with Crippen LogP contribution in [0.5, 0.6) is 0 Å². The fourth-order valence-electron chi connectivity index (χ4n) is 2.77. The van der Waals surface area contributed by atoms with Gasteiger partial charge in [-0.25, -0.2) is 0 Å². The molecule has 1 saturated carbocycles. The summed E-state index contributed by atoms with van der Waals surface area (Å²) in [5.74, 6) is -0.0291. The Morgan fingerprint density at radius 1 is 1.32 bits per heavy atom. The first kappa shape index (κ1) is 16.4. The van der Waals surface area contributed by atoms with Crippen LogP contribution in [0.4, 0.5) is 0 Å². The standard InChI is InChI=1S/C14H27NO4/c1-5-19-13(16)11-7-6-8-12(9-11)15-10(2)14(17-3)18-4/h10-12,14-15H,5-9H2,1-4H3. The molecule has 0 spiro atoms. The third-order valence-electron chi connectivity index (χ3n) is 3.67. The minimum atomic E-state index is -0.261. The Hall–Kier alpha value is -0.650. The van der Waals surface area contributed by atoms with E-state index in [-0.39, 0.29) is 24.2 Å². The van der Waals surface area contributed by atoms with Gasteiger partial charge in [0.15, 0.2) is 6.29 Å². The van der Waals surface area contributed by atoms with E-state index < -0.39 is 0 Å². The molecule has 0 aromatic rings. The second-order valence-corrected chi connectivity index (χ2v) is 5.11. The maximum absolute atomic E-state index is 11.8. The van der Waals surface area contributed by atoms with Crippen molar-refractivity contribution in [1.82, 2.24) is 5.32 Å². The van der Waals surface area contributed by atoms with Crippen molar-refractivity contribution in [1.29, 1.82) is 0 Å². The lowest BCUT2D eigenvalue weighted by molar-refractivity contribution is -0.149. The second kappa shape index (κ2) is 8.51. The third-order valence-corrected chi connectivity index (χ3v) is 3.67. The van der Waals surface area contributed by atoms with E-state index in [0.29, 0.717) is 12.6 Å². The summed E-state index contributed by atoms with van der Waals surface area (Å²) >= 11 is 0. The largest absolute Gasteiger partial charge is 0.466 e. The van der Waals surface area contributed by atoms with E-state index in [4.69, 9.17) is 14.2 Å². The lowest BCUT2D eigenvalue weighted by Crippen LogP contribution is -2.47. The summed E-state index contributed by atoms with van der Waals surface area (Å²) in [7, 11) is 3.27. The molecule has 1 fully saturated rings. The number of nitrogens with one attached hydrogen (secondary N) is 1. The number of hydrogen-bond acceptors (Lipinski definition) is 5. The molecule has 19 heavy (non-hydrogen) atoms. The molecule has 1 N–H and O–H groups in total. The van der Waals surface area contributed by atoms with Crippen LogP contribution in [0.15, 0.2) is 0 Å². The molecule has 0 aliphatic heterocycles. The highest BCUT2D eigenvalue weighted by molar-refractivity contribution is 5.72. The number of carbonyl (C=O) groups excluding carboxylic acids is 1. The summed E-state index contributed by atoms with van der Waals surface area (Å²) in [6.07, 6.45) is 3.65. The average Bonchev–Trinajstić information content (AvgIpc) is 2.40. The molecule has 5 nitrogen and oxygen atoms in total. The molecule has 0 radical (unpaired) electrons. The number of methoxy groups -OCH3 is 2. The van der Waals surface area contributed by atoms with E-state index in [9.17, 15) is 4.79 Å². The fraction of sp³-hybridized carbons (Fsp3) is 0.929. The van der Waals surface area contributed by atoms with Gasteiger partial charge in [-0.1, -0.05) is 6.42 Å². The van der Waals surface area contributed by atoms with Crippen LogP contribution in [-0.2, 0) is 19.0 Å². The maximum Gasteiger partial charge on any atom is 0.308 e. The lowest BCUT2D eigenvalue weighted by Gasteiger charge is -2.32. The molecular formula is C14H27NO4. The first-order valence-electron chi connectivity index (χ1n) is 7.10. The lowest BCUT2D eigenvalue weighted by atomic mass is 9.85. The molecule has 0 saturated heterocycles. The number of esters is 1. The molecule has 0 bridgehead atoms. The summed E-state index contributed by atoms with van der Waals surface area (Å²) in [4.78, 5) is 11.8. The summed E-state index contributed by atoms with van der Waals surface area (Å²) in [6, 6.07) is 0.423. The first-order chi connectivity index (χ1) is 9.12. The van der Waals surface area contributed by atoms with E-state index in [1.807, 2.05) is 13.8 Å². The minimum absolute atomic E-state index is 0.0296.